The highest BCUT2D eigenvalue weighted by Crippen LogP contribution is 2.41. The van der Waals surface area contributed by atoms with Gasteiger partial charge in [-0.25, -0.2) is 0 Å². The Morgan fingerprint density at radius 1 is 1.38 bits per heavy atom. The number of aliphatic carboxylic acids is 1. The van der Waals surface area contributed by atoms with Gasteiger partial charge in [0, 0.05) is 6.04 Å². The Morgan fingerprint density at radius 3 is 2.15 bits per heavy atom. The van der Waals surface area contributed by atoms with Gasteiger partial charge in [-0.05, 0) is 24.2 Å². The fourth-order valence-electron chi connectivity index (χ4n) is 2.32. The Labute approximate surface area is 79.3 Å². The van der Waals surface area contributed by atoms with E-state index < -0.39 is 5.97 Å². The van der Waals surface area contributed by atoms with Crippen LogP contribution in [0.2, 0.25) is 0 Å². The number of carboxylic acid groups (broad SMARTS) is 1. The van der Waals surface area contributed by atoms with Gasteiger partial charge in [0.2, 0.25) is 0 Å². The average molecular weight is 185 g/mol. The molecule has 13 heavy (non-hydrogen) atoms. The molecule has 1 aliphatic rings. The Balaban J connectivity index is 2.71. The van der Waals surface area contributed by atoms with E-state index >= 15 is 0 Å². The molecule has 1 saturated carbocycles. The molecule has 76 valence electrons. The Bertz CT molecular complexity index is 207. The van der Waals surface area contributed by atoms with Gasteiger partial charge >= 0.3 is 5.97 Å². The summed E-state index contributed by atoms with van der Waals surface area (Å²) in [5, 5.41) is 8.89. The van der Waals surface area contributed by atoms with Crippen LogP contribution in [0.25, 0.3) is 0 Å². The van der Waals surface area contributed by atoms with E-state index in [9.17, 15) is 4.79 Å². The van der Waals surface area contributed by atoms with E-state index in [0.29, 0.717) is 5.92 Å². The monoisotopic (exact) mass is 185 g/mol. The second-order valence-electron chi connectivity index (χ2n) is 5.07. The molecule has 0 saturated heterocycles. The van der Waals surface area contributed by atoms with Crippen molar-refractivity contribution in [2.75, 3.05) is 0 Å². The molecule has 1 rings (SSSR count). The van der Waals surface area contributed by atoms with Gasteiger partial charge < -0.3 is 10.8 Å². The molecule has 0 radical (unpaired) electrons. The van der Waals surface area contributed by atoms with Crippen molar-refractivity contribution < 1.29 is 9.90 Å². The van der Waals surface area contributed by atoms with Crippen molar-refractivity contribution in [3.05, 3.63) is 0 Å². The zero-order valence-corrected chi connectivity index (χ0v) is 8.58. The first kappa shape index (κ1) is 10.5. The van der Waals surface area contributed by atoms with Gasteiger partial charge in [-0.1, -0.05) is 20.8 Å². The molecule has 0 amide bonds. The number of nitrogens with two attached hydrogens (primary N) is 1. The van der Waals surface area contributed by atoms with Crippen molar-refractivity contribution in [1.29, 1.82) is 0 Å². The maximum atomic E-state index is 10.8. The maximum Gasteiger partial charge on any atom is 0.308 e. The van der Waals surface area contributed by atoms with Gasteiger partial charge in [0.1, 0.15) is 0 Å². The summed E-state index contributed by atoms with van der Waals surface area (Å²) in [6.45, 7) is 6.38. The molecular weight excluding hydrogens is 166 g/mol. The van der Waals surface area contributed by atoms with Crippen LogP contribution in [0.1, 0.15) is 33.6 Å². The Hall–Kier alpha value is -0.570. The highest BCUT2D eigenvalue weighted by Gasteiger charge is 2.42. The Kier molecular flexibility index (Phi) is 2.66. The molecule has 3 atom stereocenters. The van der Waals surface area contributed by atoms with E-state index in [1.54, 1.807) is 0 Å². The molecule has 0 aromatic rings. The number of hydrogen-bond donors (Lipinski definition) is 2. The third kappa shape index (κ3) is 2.02. The third-order valence-corrected chi connectivity index (χ3v) is 3.15. The van der Waals surface area contributed by atoms with Gasteiger partial charge in [-0.15, -0.1) is 0 Å². The van der Waals surface area contributed by atoms with E-state index in [-0.39, 0.29) is 17.4 Å². The lowest BCUT2D eigenvalue weighted by Gasteiger charge is -2.31. The molecule has 0 bridgehead atoms. The van der Waals surface area contributed by atoms with E-state index in [4.69, 9.17) is 10.8 Å². The van der Waals surface area contributed by atoms with Crippen molar-refractivity contribution in [2.24, 2.45) is 23.0 Å². The largest absolute Gasteiger partial charge is 0.481 e. The highest BCUT2D eigenvalue weighted by molar-refractivity contribution is 5.71. The summed E-state index contributed by atoms with van der Waals surface area (Å²) in [6.07, 6.45) is 1.68. The maximum absolute atomic E-state index is 10.8. The predicted molar refractivity (Wildman–Crippen MR) is 51.3 cm³/mol. The molecule has 0 aromatic heterocycles. The van der Waals surface area contributed by atoms with Crippen molar-refractivity contribution in [3.8, 4) is 0 Å². The smallest absolute Gasteiger partial charge is 0.308 e. The minimum atomic E-state index is -0.737. The minimum Gasteiger partial charge on any atom is -0.481 e. The predicted octanol–water partition coefficient (Wildman–Crippen LogP) is 1.47. The summed E-state index contributed by atoms with van der Waals surface area (Å²) >= 11 is 0. The van der Waals surface area contributed by atoms with E-state index in [0.717, 1.165) is 12.8 Å². The van der Waals surface area contributed by atoms with Crippen LogP contribution in [0, 0.1) is 17.3 Å². The van der Waals surface area contributed by atoms with Crippen molar-refractivity contribution in [3.63, 3.8) is 0 Å². The van der Waals surface area contributed by atoms with Crippen LogP contribution in [0.4, 0.5) is 0 Å². The van der Waals surface area contributed by atoms with Crippen LogP contribution in [0.5, 0.6) is 0 Å². The lowest BCUT2D eigenvalue weighted by Crippen LogP contribution is -2.40. The topological polar surface area (TPSA) is 63.3 Å². The first-order valence-electron chi connectivity index (χ1n) is 4.82. The zero-order valence-electron chi connectivity index (χ0n) is 8.58. The quantitative estimate of drug-likeness (QED) is 0.650. The zero-order chi connectivity index (χ0) is 10.2. The first-order chi connectivity index (χ1) is 5.84. The summed E-state index contributed by atoms with van der Waals surface area (Å²) < 4.78 is 0. The number of carbonyl (C=O) groups is 1. The van der Waals surface area contributed by atoms with Gasteiger partial charge in [0.05, 0.1) is 5.92 Å². The van der Waals surface area contributed by atoms with Crippen molar-refractivity contribution >= 4 is 5.97 Å². The summed E-state index contributed by atoms with van der Waals surface area (Å²) in [7, 11) is 0. The summed E-state index contributed by atoms with van der Waals surface area (Å²) in [6, 6.07) is -0.169. The molecular formula is C10H19NO2. The summed E-state index contributed by atoms with van der Waals surface area (Å²) in [5.74, 6) is -0.725. The standard InChI is InChI=1S/C10H19NO2/c1-10(2,3)7-5-4-6(8(7)11)9(12)13/h6-8H,4-5,11H2,1-3H3,(H,12,13)/t6-,7+,8+/m0/s1. The van der Waals surface area contributed by atoms with Crippen LogP contribution in [-0.2, 0) is 4.79 Å². The van der Waals surface area contributed by atoms with Gasteiger partial charge in [0.15, 0.2) is 0 Å². The van der Waals surface area contributed by atoms with E-state index in [1.807, 2.05) is 0 Å². The molecule has 3 nitrogen and oxygen atoms in total. The van der Waals surface area contributed by atoms with Crippen LogP contribution < -0.4 is 5.73 Å². The fourth-order valence-corrected chi connectivity index (χ4v) is 2.32. The SMILES string of the molecule is CC(C)(C)[C@@H]1CC[C@H](C(=O)O)[C@H]1N. The van der Waals surface area contributed by atoms with Crippen LogP contribution in [0.15, 0.2) is 0 Å². The van der Waals surface area contributed by atoms with Crippen LogP contribution >= 0.6 is 0 Å². The molecule has 0 heterocycles. The lowest BCUT2D eigenvalue weighted by molar-refractivity contribution is -0.142. The minimum absolute atomic E-state index is 0.129. The molecule has 0 aromatic carbocycles. The molecule has 3 heteroatoms. The summed E-state index contributed by atoms with van der Waals surface area (Å²) in [5.41, 5.74) is 6.06. The van der Waals surface area contributed by atoms with E-state index in [1.165, 1.54) is 0 Å². The summed E-state index contributed by atoms with van der Waals surface area (Å²) in [4.78, 5) is 10.8. The second-order valence-corrected chi connectivity index (χ2v) is 5.07. The molecule has 0 aliphatic heterocycles. The Morgan fingerprint density at radius 2 is 1.92 bits per heavy atom. The first-order valence-corrected chi connectivity index (χ1v) is 4.82. The van der Waals surface area contributed by atoms with Crippen LogP contribution in [-0.4, -0.2) is 17.1 Å². The molecule has 1 aliphatic carbocycles. The van der Waals surface area contributed by atoms with Gasteiger partial charge in [-0.2, -0.15) is 0 Å². The highest BCUT2D eigenvalue weighted by atomic mass is 16.4. The lowest BCUT2D eigenvalue weighted by atomic mass is 9.77. The van der Waals surface area contributed by atoms with Crippen molar-refractivity contribution in [2.45, 2.75) is 39.7 Å². The third-order valence-electron chi connectivity index (χ3n) is 3.15. The van der Waals surface area contributed by atoms with Crippen molar-refractivity contribution in [1.82, 2.24) is 0 Å². The van der Waals surface area contributed by atoms with Gasteiger partial charge in [-0.3, -0.25) is 4.79 Å². The van der Waals surface area contributed by atoms with Crippen LogP contribution in [0.3, 0.4) is 0 Å². The molecule has 0 unspecified atom stereocenters. The second kappa shape index (κ2) is 3.29. The molecule has 3 N–H and O–H groups in total. The number of carboxylic acids is 1. The molecule has 0 spiro atoms. The normalized spacial score (nSPS) is 34.9. The number of hydrogen-bond acceptors (Lipinski definition) is 2. The average Bonchev–Trinajstić information content (AvgIpc) is 2.28. The fraction of sp³-hybridized carbons (Fsp3) is 0.900. The van der Waals surface area contributed by atoms with Gasteiger partial charge in [0.25, 0.3) is 0 Å². The van der Waals surface area contributed by atoms with E-state index in [2.05, 4.69) is 20.8 Å². The molecule has 1 fully saturated rings. The number of rotatable bonds is 1.